The van der Waals surface area contributed by atoms with E-state index in [0.717, 1.165) is 12.3 Å². The minimum Gasteiger partial charge on any atom is -0.351 e. The molecule has 0 aliphatic rings. The van der Waals surface area contributed by atoms with Crippen LogP contribution in [0.25, 0.3) is 0 Å². The van der Waals surface area contributed by atoms with Crippen LogP contribution in [0.5, 0.6) is 0 Å². The molecule has 0 saturated carbocycles. The lowest BCUT2D eigenvalue weighted by atomic mass is 10.5. The van der Waals surface area contributed by atoms with Crippen molar-refractivity contribution in [2.45, 2.75) is 4.90 Å². The zero-order chi connectivity index (χ0) is 9.35. The fraction of sp³-hybridized carbons (Fsp3) is 0. The lowest BCUT2D eigenvalue weighted by Gasteiger charge is -1.93. The standard InChI is InChI=1S/C5H3Cl2NO3S/c6-5-1-3(9)4(2-8-5)12(7,10)11/h1-2H,(H,8,9). The van der Waals surface area contributed by atoms with E-state index in [1.165, 1.54) is 0 Å². The monoisotopic (exact) mass is 227 g/mol. The second-order valence-corrected chi connectivity index (χ2v) is 4.89. The number of halogens is 2. The van der Waals surface area contributed by atoms with Gasteiger partial charge in [0.05, 0.1) is 0 Å². The van der Waals surface area contributed by atoms with Gasteiger partial charge in [-0.25, -0.2) is 8.42 Å². The molecule has 4 nitrogen and oxygen atoms in total. The summed E-state index contributed by atoms with van der Waals surface area (Å²) < 4.78 is 21.3. The summed E-state index contributed by atoms with van der Waals surface area (Å²) in [4.78, 5) is 12.8. The summed E-state index contributed by atoms with van der Waals surface area (Å²) in [7, 11) is 0.945. The van der Waals surface area contributed by atoms with Crippen molar-refractivity contribution >= 4 is 31.3 Å². The largest absolute Gasteiger partial charge is 0.351 e. The second-order valence-electron chi connectivity index (χ2n) is 1.95. The number of pyridine rings is 1. The fourth-order valence-electron chi connectivity index (χ4n) is 0.624. The Morgan fingerprint density at radius 1 is 1.42 bits per heavy atom. The average molecular weight is 228 g/mol. The molecule has 0 aliphatic carbocycles. The van der Waals surface area contributed by atoms with E-state index in [1.54, 1.807) is 0 Å². The molecular formula is C5H3Cl2NO3S. The zero-order valence-corrected chi connectivity index (χ0v) is 7.87. The van der Waals surface area contributed by atoms with Gasteiger partial charge in [0.2, 0.25) is 5.43 Å². The van der Waals surface area contributed by atoms with Crippen LogP contribution >= 0.6 is 22.3 Å². The third-order valence-electron chi connectivity index (χ3n) is 1.10. The first-order valence-electron chi connectivity index (χ1n) is 2.74. The van der Waals surface area contributed by atoms with Gasteiger partial charge >= 0.3 is 0 Å². The van der Waals surface area contributed by atoms with Crippen LogP contribution in [-0.4, -0.2) is 13.4 Å². The third kappa shape index (κ3) is 2.00. The van der Waals surface area contributed by atoms with E-state index in [0.29, 0.717) is 0 Å². The normalized spacial score (nSPS) is 11.5. The van der Waals surface area contributed by atoms with Gasteiger partial charge in [-0.2, -0.15) is 0 Å². The molecule has 66 valence electrons. The van der Waals surface area contributed by atoms with Gasteiger partial charge in [0.1, 0.15) is 10.0 Å². The van der Waals surface area contributed by atoms with Gasteiger partial charge in [0, 0.05) is 22.9 Å². The Morgan fingerprint density at radius 2 is 2.00 bits per heavy atom. The van der Waals surface area contributed by atoms with Gasteiger partial charge in [-0.1, -0.05) is 11.6 Å². The molecule has 1 aromatic rings. The maximum atomic E-state index is 10.9. The smallest absolute Gasteiger partial charge is 0.266 e. The first kappa shape index (κ1) is 9.57. The minimum atomic E-state index is -3.98. The predicted molar refractivity (Wildman–Crippen MR) is 45.1 cm³/mol. The number of hydrogen-bond donors (Lipinski definition) is 1. The van der Waals surface area contributed by atoms with Crippen molar-refractivity contribution in [2.24, 2.45) is 0 Å². The number of H-pyrrole nitrogens is 1. The van der Waals surface area contributed by atoms with Crippen LogP contribution in [-0.2, 0) is 9.05 Å². The number of aromatic amines is 1. The van der Waals surface area contributed by atoms with Gasteiger partial charge < -0.3 is 4.98 Å². The van der Waals surface area contributed by atoms with E-state index in [9.17, 15) is 13.2 Å². The van der Waals surface area contributed by atoms with Crippen LogP contribution in [0.15, 0.2) is 22.0 Å². The number of aromatic nitrogens is 1. The van der Waals surface area contributed by atoms with Crippen molar-refractivity contribution < 1.29 is 8.42 Å². The van der Waals surface area contributed by atoms with Crippen LogP contribution in [0.1, 0.15) is 0 Å². The van der Waals surface area contributed by atoms with Crippen LogP contribution in [0.3, 0.4) is 0 Å². The minimum absolute atomic E-state index is 0.0593. The highest BCUT2D eigenvalue weighted by Gasteiger charge is 2.14. The first-order chi connectivity index (χ1) is 5.41. The molecule has 0 atom stereocenters. The highest BCUT2D eigenvalue weighted by Crippen LogP contribution is 2.09. The van der Waals surface area contributed by atoms with Crippen molar-refractivity contribution in [3.05, 3.63) is 27.6 Å². The van der Waals surface area contributed by atoms with E-state index in [4.69, 9.17) is 22.3 Å². The fourth-order valence-corrected chi connectivity index (χ4v) is 1.64. The SMILES string of the molecule is O=c1cc(Cl)[nH]cc1S(=O)(=O)Cl. The molecule has 0 aliphatic heterocycles. The molecule has 1 N–H and O–H groups in total. The molecule has 0 fully saturated rings. The molecule has 1 rings (SSSR count). The van der Waals surface area contributed by atoms with Crippen molar-refractivity contribution in [3.63, 3.8) is 0 Å². The van der Waals surface area contributed by atoms with Crippen molar-refractivity contribution in [1.29, 1.82) is 0 Å². The zero-order valence-electron chi connectivity index (χ0n) is 5.54. The molecule has 0 amide bonds. The summed E-state index contributed by atoms with van der Waals surface area (Å²) >= 11 is 5.37. The first-order valence-corrected chi connectivity index (χ1v) is 5.43. The number of hydrogen-bond acceptors (Lipinski definition) is 3. The Morgan fingerprint density at radius 3 is 2.42 bits per heavy atom. The van der Waals surface area contributed by atoms with Crippen molar-refractivity contribution in [1.82, 2.24) is 4.98 Å². The quantitative estimate of drug-likeness (QED) is 0.574. The topological polar surface area (TPSA) is 67.0 Å². The Labute approximate surface area is 77.5 Å². The maximum Gasteiger partial charge on any atom is 0.266 e. The van der Waals surface area contributed by atoms with E-state index >= 15 is 0 Å². The predicted octanol–water partition coefficient (Wildman–Crippen LogP) is 0.956. The van der Waals surface area contributed by atoms with Gasteiger partial charge in [-0.15, -0.1) is 0 Å². The lowest BCUT2D eigenvalue weighted by Crippen LogP contribution is -2.10. The Hall–Kier alpha value is -0.520. The Balaban J connectivity index is 3.50. The van der Waals surface area contributed by atoms with Crippen LogP contribution < -0.4 is 5.43 Å². The molecule has 0 saturated heterocycles. The van der Waals surface area contributed by atoms with Gasteiger partial charge in [-0.05, 0) is 0 Å². The molecule has 0 unspecified atom stereocenters. The summed E-state index contributed by atoms with van der Waals surface area (Å²) in [6.07, 6.45) is 0.951. The van der Waals surface area contributed by atoms with E-state index in [2.05, 4.69) is 4.98 Å². The molecule has 1 heterocycles. The van der Waals surface area contributed by atoms with E-state index < -0.39 is 19.4 Å². The molecule has 0 radical (unpaired) electrons. The summed E-state index contributed by atoms with van der Waals surface area (Å²) in [6.45, 7) is 0. The van der Waals surface area contributed by atoms with E-state index in [1.807, 2.05) is 0 Å². The van der Waals surface area contributed by atoms with E-state index in [-0.39, 0.29) is 5.15 Å². The lowest BCUT2D eigenvalue weighted by molar-refractivity contribution is 0.608. The van der Waals surface area contributed by atoms with Crippen molar-refractivity contribution in [2.75, 3.05) is 0 Å². The molecule has 0 bridgehead atoms. The molecule has 7 heteroatoms. The van der Waals surface area contributed by atoms with Gasteiger partial charge in [-0.3, -0.25) is 4.79 Å². The molecule has 12 heavy (non-hydrogen) atoms. The van der Waals surface area contributed by atoms with Crippen LogP contribution in [0.4, 0.5) is 0 Å². The summed E-state index contributed by atoms with van der Waals surface area (Å²) in [5, 5.41) is 0.0593. The van der Waals surface area contributed by atoms with Crippen molar-refractivity contribution in [3.8, 4) is 0 Å². The van der Waals surface area contributed by atoms with Crippen LogP contribution in [0.2, 0.25) is 5.15 Å². The Bertz CT molecular complexity index is 450. The highest BCUT2D eigenvalue weighted by molar-refractivity contribution is 8.13. The second kappa shape index (κ2) is 3.08. The van der Waals surface area contributed by atoms with Gasteiger partial charge in [0.25, 0.3) is 9.05 Å². The third-order valence-corrected chi connectivity index (χ3v) is 2.67. The molecule has 0 aromatic carbocycles. The number of nitrogens with one attached hydrogen (secondary N) is 1. The maximum absolute atomic E-state index is 10.9. The highest BCUT2D eigenvalue weighted by atomic mass is 35.7. The summed E-state index contributed by atoms with van der Waals surface area (Å²) in [5.74, 6) is 0. The van der Waals surface area contributed by atoms with Gasteiger partial charge in [0.15, 0.2) is 0 Å². The number of rotatable bonds is 1. The summed E-state index contributed by atoms with van der Waals surface area (Å²) in [6, 6.07) is 0.941. The molecule has 0 spiro atoms. The average Bonchev–Trinajstić information content (AvgIpc) is 1.83. The summed E-state index contributed by atoms with van der Waals surface area (Å²) in [5.41, 5.74) is -0.728. The molecular weight excluding hydrogens is 225 g/mol. The van der Waals surface area contributed by atoms with Crippen LogP contribution in [0, 0.1) is 0 Å². The Kier molecular flexibility index (Phi) is 2.46. The molecule has 1 aromatic heterocycles.